The third-order valence-corrected chi connectivity index (χ3v) is 6.50. The Morgan fingerprint density at radius 3 is 2.50 bits per heavy atom. The van der Waals surface area contributed by atoms with Crippen LogP contribution in [0, 0.1) is 24.6 Å². The summed E-state index contributed by atoms with van der Waals surface area (Å²) in [7, 11) is 0. The molecule has 2 aliphatic rings. The van der Waals surface area contributed by atoms with Gasteiger partial charge in [0.05, 0.1) is 11.6 Å². The van der Waals surface area contributed by atoms with Gasteiger partial charge in [0.2, 0.25) is 0 Å². The van der Waals surface area contributed by atoms with Crippen molar-refractivity contribution in [2.45, 2.75) is 64.0 Å². The topological polar surface area (TPSA) is 42.2 Å². The lowest BCUT2D eigenvalue weighted by atomic mass is 9.80. The van der Waals surface area contributed by atoms with E-state index in [-0.39, 0.29) is 36.0 Å². The third kappa shape index (κ3) is 3.51. The number of halogens is 4. The lowest BCUT2D eigenvalue weighted by Crippen LogP contribution is -2.35. The summed E-state index contributed by atoms with van der Waals surface area (Å²) < 4.78 is 55.6. The monoisotopic (exact) mass is 398 g/mol. The number of hydrogen-bond donors (Lipinski definition) is 1. The molecule has 2 unspecified atom stereocenters. The summed E-state index contributed by atoms with van der Waals surface area (Å²) in [6.07, 6.45) is -2.46. The first-order valence-electron chi connectivity index (χ1n) is 10.1. The molecule has 1 aliphatic carbocycles. The van der Waals surface area contributed by atoms with Gasteiger partial charge < -0.3 is 5.32 Å². The van der Waals surface area contributed by atoms with Crippen LogP contribution in [0.2, 0.25) is 0 Å². The standard InChI is InChI=1S/C20H26F4N4/c1-11-7-8-25-10-15(11)16-9-12(2)26-19-17(21)18(27-28(16)19)13-3-5-14(6-4-13)20(22,23)24/h9,11,13-15,25H,3-8,10H2,1-2H3. The van der Waals surface area contributed by atoms with Crippen LogP contribution in [0.5, 0.6) is 0 Å². The van der Waals surface area contributed by atoms with E-state index in [9.17, 15) is 13.2 Å². The molecule has 2 aromatic heterocycles. The minimum absolute atomic E-state index is 0.0321. The summed E-state index contributed by atoms with van der Waals surface area (Å²) in [6.45, 7) is 5.79. The molecule has 0 amide bonds. The van der Waals surface area contributed by atoms with Gasteiger partial charge in [0.15, 0.2) is 11.5 Å². The van der Waals surface area contributed by atoms with Crippen molar-refractivity contribution in [3.63, 3.8) is 0 Å². The second-order valence-corrected chi connectivity index (χ2v) is 8.42. The maximum absolute atomic E-state index is 15.2. The molecule has 1 saturated heterocycles. The summed E-state index contributed by atoms with van der Waals surface area (Å²) in [5.41, 5.74) is 2.12. The molecular weight excluding hydrogens is 372 g/mol. The van der Waals surface area contributed by atoms with Crippen molar-refractivity contribution < 1.29 is 17.6 Å². The van der Waals surface area contributed by atoms with Crippen molar-refractivity contribution in [3.8, 4) is 0 Å². The summed E-state index contributed by atoms with van der Waals surface area (Å²) in [5, 5.41) is 7.93. The van der Waals surface area contributed by atoms with E-state index in [1.807, 2.05) is 13.0 Å². The minimum Gasteiger partial charge on any atom is -0.316 e. The second-order valence-electron chi connectivity index (χ2n) is 8.42. The zero-order valence-corrected chi connectivity index (χ0v) is 16.2. The molecule has 1 N–H and O–H groups in total. The highest BCUT2D eigenvalue weighted by atomic mass is 19.4. The Labute approximate surface area is 161 Å². The van der Waals surface area contributed by atoms with Crippen molar-refractivity contribution in [2.75, 3.05) is 13.1 Å². The van der Waals surface area contributed by atoms with Crippen LogP contribution >= 0.6 is 0 Å². The Bertz CT molecular complexity index is 852. The fourth-order valence-corrected chi connectivity index (χ4v) is 4.76. The lowest BCUT2D eigenvalue weighted by Gasteiger charge is -2.30. The van der Waals surface area contributed by atoms with Gasteiger partial charge in [-0.2, -0.15) is 18.3 Å². The van der Waals surface area contributed by atoms with Gasteiger partial charge in [-0.1, -0.05) is 6.92 Å². The average molecular weight is 398 g/mol. The fraction of sp³-hybridized carbons (Fsp3) is 0.700. The first-order valence-corrected chi connectivity index (χ1v) is 10.1. The maximum atomic E-state index is 15.2. The molecule has 0 bridgehead atoms. The van der Waals surface area contributed by atoms with Crippen LogP contribution in [0.1, 0.15) is 67.9 Å². The van der Waals surface area contributed by atoms with Gasteiger partial charge in [-0.05, 0) is 57.6 Å². The molecule has 3 heterocycles. The summed E-state index contributed by atoms with van der Waals surface area (Å²) in [6, 6.07) is 1.96. The van der Waals surface area contributed by atoms with Crippen molar-refractivity contribution in [1.29, 1.82) is 0 Å². The molecule has 1 aliphatic heterocycles. The van der Waals surface area contributed by atoms with Crippen LogP contribution in [-0.4, -0.2) is 33.9 Å². The zero-order valence-electron chi connectivity index (χ0n) is 16.2. The smallest absolute Gasteiger partial charge is 0.316 e. The molecule has 0 radical (unpaired) electrons. The predicted molar refractivity (Wildman–Crippen MR) is 97.8 cm³/mol. The molecule has 0 spiro atoms. The van der Waals surface area contributed by atoms with Gasteiger partial charge >= 0.3 is 6.18 Å². The molecular formula is C20H26F4N4. The van der Waals surface area contributed by atoms with E-state index in [0.717, 1.165) is 30.9 Å². The van der Waals surface area contributed by atoms with Gasteiger partial charge in [-0.15, -0.1) is 0 Å². The van der Waals surface area contributed by atoms with Crippen molar-refractivity contribution in [3.05, 3.63) is 29.0 Å². The number of aromatic nitrogens is 3. The normalized spacial score (nSPS) is 29.4. The Kier molecular flexibility index (Phi) is 5.10. The van der Waals surface area contributed by atoms with E-state index >= 15 is 4.39 Å². The van der Waals surface area contributed by atoms with Gasteiger partial charge in [-0.3, -0.25) is 0 Å². The van der Waals surface area contributed by atoms with Crippen LogP contribution in [0.3, 0.4) is 0 Å². The summed E-state index contributed by atoms with van der Waals surface area (Å²) in [5.74, 6) is -1.41. The molecule has 0 aromatic carbocycles. The highest BCUT2D eigenvalue weighted by molar-refractivity contribution is 5.45. The van der Waals surface area contributed by atoms with E-state index in [1.54, 1.807) is 4.52 Å². The Morgan fingerprint density at radius 2 is 1.86 bits per heavy atom. The van der Waals surface area contributed by atoms with E-state index < -0.39 is 17.9 Å². The average Bonchev–Trinajstić information content (AvgIpc) is 2.98. The van der Waals surface area contributed by atoms with Crippen LogP contribution in [-0.2, 0) is 0 Å². The zero-order chi connectivity index (χ0) is 20.1. The fourth-order valence-electron chi connectivity index (χ4n) is 4.76. The van der Waals surface area contributed by atoms with E-state index in [1.165, 1.54) is 0 Å². The van der Waals surface area contributed by atoms with Crippen molar-refractivity contribution >= 4 is 5.65 Å². The number of rotatable bonds is 2. The van der Waals surface area contributed by atoms with Crippen LogP contribution < -0.4 is 5.32 Å². The molecule has 2 atom stereocenters. The SMILES string of the molecule is Cc1cc(C2CNCCC2C)n2nc(C3CCC(C(F)(F)F)CC3)c(F)c2n1. The van der Waals surface area contributed by atoms with Gasteiger partial charge in [0.25, 0.3) is 0 Å². The Morgan fingerprint density at radius 1 is 1.14 bits per heavy atom. The van der Waals surface area contributed by atoms with E-state index in [4.69, 9.17) is 0 Å². The van der Waals surface area contributed by atoms with Crippen LogP contribution in [0.4, 0.5) is 17.6 Å². The number of aryl methyl sites for hydroxylation is 1. The van der Waals surface area contributed by atoms with E-state index in [0.29, 0.717) is 18.8 Å². The van der Waals surface area contributed by atoms with Crippen molar-refractivity contribution in [1.82, 2.24) is 19.9 Å². The number of nitrogens with zero attached hydrogens (tertiary/aromatic N) is 3. The van der Waals surface area contributed by atoms with E-state index in [2.05, 4.69) is 22.3 Å². The van der Waals surface area contributed by atoms with Crippen LogP contribution in [0.15, 0.2) is 6.07 Å². The Balaban J connectivity index is 1.68. The maximum Gasteiger partial charge on any atom is 0.391 e. The molecule has 1 saturated carbocycles. The largest absolute Gasteiger partial charge is 0.391 e. The number of fused-ring (bicyclic) bond motifs is 1. The second kappa shape index (κ2) is 7.28. The number of piperidine rings is 1. The number of alkyl halides is 3. The summed E-state index contributed by atoms with van der Waals surface area (Å²) >= 11 is 0. The summed E-state index contributed by atoms with van der Waals surface area (Å²) in [4.78, 5) is 4.35. The first kappa shape index (κ1) is 19.6. The molecule has 154 valence electrons. The number of nitrogens with one attached hydrogen (secondary N) is 1. The third-order valence-electron chi connectivity index (χ3n) is 6.50. The van der Waals surface area contributed by atoms with Gasteiger partial charge in [0.1, 0.15) is 5.69 Å². The highest BCUT2D eigenvalue weighted by Gasteiger charge is 2.42. The molecule has 4 nitrogen and oxygen atoms in total. The number of hydrogen-bond acceptors (Lipinski definition) is 3. The molecule has 2 fully saturated rings. The molecule has 28 heavy (non-hydrogen) atoms. The predicted octanol–water partition coefficient (Wildman–Crippen LogP) is 4.73. The molecule has 8 heteroatoms. The van der Waals surface area contributed by atoms with Crippen molar-refractivity contribution in [2.24, 2.45) is 11.8 Å². The molecule has 2 aromatic rings. The quantitative estimate of drug-likeness (QED) is 0.744. The van der Waals surface area contributed by atoms with Gasteiger partial charge in [0, 0.05) is 24.1 Å². The first-order chi connectivity index (χ1) is 13.3. The lowest BCUT2D eigenvalue weighted by molar-refractivity contribution is -0.182. The molecule has 4 rings (SSSR count). The highest BCUT2D eigenvalue weighted by Crippen LogP contribution is 2.43. The minimum atomic E-state index is -4.17. The van der Waals surface area contributed by atoms with Crippen LogP contribution in [0.25, 0.3) is 5.65 Å². The Hall–Kier alpha value is -1.70. The van der Waals surface area contributed by atoms with Gasteiger partial charge in [-0.25, -0.2) is 13.9 Å².